The van der Waals surface area contributed by atoms with Crippen molar-refractivity contribution in [1.82, 2.24) is 19.9 Å². The molecule has 0 aliphatic rings. The maximum Gasteiger partial charge on any atom is 0.433 e. The smallest absolute Gasteiger partial charge is 0.368 e. The lowest BCUT2D eigenvalue weighted by atomic mass is 10.1. The van der Waals surface area contributed by atoms with Crippen LogP contribution in [0.1, 0.15) is 24.2 Å². The van der Waals surface area contributed by atoms with Crippen LogP contribution < -0.4 is 11.1 Å². The van der Waals surface area contributed by atoms with Crippen molar-refractivity contribution in [3.63, 3.8) is 0 Å². The van der Waals surface area contributed by atoms with Crippen LogP contribution in [0.15, 0.2) is 48.5 Å². The van der Waals surface area contributed by atoms with Gasteiger partial charge in [-0.15, -0.1) is 0 Å². The zero-order valence-corrected chi connectivity index (χ0v) is 13.7. The molecule has 0 fully saturated rings. The van der Waals surface area contributed by atoms with Crippen molar-refractivity contribution in [3.8, 4) is 11.5 Å². The maximum absolute atomic E-state index is 12.8. The number of benzene rings is 1. The molecule has 0 aliphatic carbocycles. The number of halogens is 3. The van der Waals surface area contributed by atoms with Gasteiger partial charge in [-0.2, -0.15) is 28.1 Å². The molecule has 0 aliphatic heterocycles. The van der Waals surface area contributed by atoms with Crippen LogP contribution in [0.25, 0.3) is 11.5 Å². The second-order valence-corrected chi connectivity index (χ2v) is 5.52. The van der Waals surface area contributed by atoms with Gasteiger partial charge in [0.15, 0.2) is 5.82 Å². The number of hydrogen-bond donors (Lipinski definition) is 2. The fourth-order valence-electron chi connectivity index (χ4n) is 2.31. The number of anilines is 2. The molecular formula is C17H15F3N6. The standard InChI is InChI=1S/C17H15F3N6/c1-10(11-6-3-2-4-7-11)22-16-25-14(24-15(21)26-16)12-8-5-9-13(23-12)17(18,19)20/h2-10H,1H3,(H3,21,22,24,25,26)/t10-/m0/s1. The first-order chi connectivity index (χ1) is 12.3. The minimum Gasteiger partial charge on any atom is -0.368 e. The molecule has 0 radical (unpaired) electrons. The number of nitrogens with zero attached hydrogens (tertiary/aromatic N) is 4. The van der Waals surface area contributed by atoms with Gasteiger partial charge in [-0.1, -0.05) is 36.4 Å². The van der Waals surface area contributed by atoms with E-state index in [1.165, 1.54) is 12.1 Å². The summed E-state index contributed by atoms with van der Waals surface area (Å²) in [7, 11) is 0. The number of alkyl halides is 3. The summed E-state index contributed by atoms with van der Waals surface area (Å²) in [6, 6.07) is 12.9. The fraction of sp³-hybridized carbons (Fsp3) is 0.176. The first-order valence-electron chi connectivity index (χ1n) is 7.70. The highest BCUT2D eigenvalue weighted by molar-refractivity contribution is 5.53. The molecule has 0 saturated carbocycles. The number of nitrogens with two attached hydrogens (primary N) is 1. The van der Waals surface area contributed by atoms with Crippen molar-refractivity contribution in [2.45, 2.75) is 19.1 Å². The number of aromatic nitrogens is 4. The summed E-state index contributed by atoms with van der Waals surface area (Å²) in [5.74, 6) is 0.00593. The van der Waals surface area contributed by atoms with Gasteiger partial charge in [0.05, 0.1) is 6.04 Å². The Labute approximate surface area is 147 Å². The minimum absolute atomic E-state index is 0.0358. The first-order valence-corrected chi connectivity index (χ1v) is 7.70. The van der Waals surface area contributed by atoms with Crippen molar-refractivity contribution in [2.75, 3.05) is 11.1 Å². The highest BCUT2D eigenvalue weighted by Crippen LogP contribution is 2.29. The molecule has 3 aromatic rings. The summed E-state index contributed by atoms with van der Waals surface area (Å²) in [4.78, 5) is 15.6. The largest absolute Gasteiger partial charge is 0.433 e. The molecular weight excluding hydrogens is 345 g/mol. The van der Waals surface area contributed by atoms with E-state index in [1.54, 1.807) is 0 Å². The van der Waals surface area contributed by atoms with Gasteiger partial charge in [-0.05, 0) is 24.6 Å². The van der Waals surface area contributed by atoms with Crippen LogP contribution in [-0.4, -0.2) is 19.9 Å². The van der Waals surface area contributed by atoms with Gasteiger partial charge in [0, 0.05) is 0 Å². The summed E-state index contributed by atoms with van der Waals surface area (Å²) in [5.41, 5.74) is 5.61. The Balaban J connectivity index is 1.91. The van der Waals surface area contributed by atoms with Gasteiger partial charge in [0.25, 0.3) is 0 Å². The maximum atomic E-state index is 12.8. The molecule has 0 bridgehead atoms. The predicted molar refractivity (Wildman–Crippen MR) is 91.0 cm³/mol. The predicted octanol–water partition coefficient (Wildman–Crippen LogP) is 3.71. The Hall–Kier alpha value is -3.23. The van der Waals surface area contributed by atoms with Crippen molar-refractivity contribution in [3.05, 3.63) is 59.8 Å². The third-order valence-electron chi connectivity index (χ3n) is 3.57. The van der Waals surface area contributed by atoms with Crippen molar-refractivity contribution in [2.24, 2.45) is 0 Å². The lowest BCUT2D eigenvalue weighted by molar-refractivity contribution is -0.141. The van der Waals surface area contributed by atoms with E-state index in [2.05, 4.69) is 25.3 Å². The highest BCUT2D eigenvalue weighted by Gasteiger charge is 2.32. The lowest BCUT2D eigenvalue weighted by Crippen LogP contribution is -2.13. The van der Waals surface area contributed by atoms with Crippen LogP contribution in [0, 0.1) is 0 Å². The highest BCUT2D eigenvalue weighted by atomic mass is 19.4. The summed E-state index contributed by atoms with van der Waals surface area (Å²) in [5, 5.41) is 3.06. The van der Waals surface area contributed by atoms with E-state index in [1.807, 2.05) is 37.3 Å². The molecule has 2 aromatic heterocycles. The molecule has 9 heteroatoms. The summed E-state index contributed by atoms with van der Waals surface area (Å²) in [6.07, 6.45) is -4.56. The summed E-state index contributed by atoms with van der Waals surface area (Å²) in [6.45, 7) is 1.90. The van der Waals surface area contributed by atoms with E-state index in [4.69, 9.17) is 5.73 Å². The molecule has 6 nitrogen and oxygen atoms in total. The Morgan fingerprint density at radius 3 is 2.35 bits per heavy atom. The topological polar surface area (TPSA) is 89.6 Å². The number of nitrogen functional groups attached to an aromatic ring is 1. The van der Waals surface area contributed by atoms with Crippen LogP contribution in [0.3, 0.4) is 0 Å². The van der Waals surface area contributed by atoms with E-state index in [0.717, 1.165) is 11.6 Å². The number of pyridine rings is 1. The van der Waals surface area contributed by atoms with E-state index in [0.29, 0.717) is 0 Å². The van der Waals surface area contributed by atoms with E-state index in [9.17, 15) is 13.2 Å². The molecule has 0 spiro atoms. The van der Waals surface area contributed by atoms with Gasteiger partial charge in [0.2, 0.25) is 11.9 Å². The van der Waals surface area contributed by atoms with Crippen molar-refractivity contribution < 1.29 is 13.2 Å². The van der Waals surface area contributed by atoms with Gasteiger partial charge < -0.3 is 11.1 Å². The van der Waals surface area contributed by atoms with Gasteiger partial charge in [-0.25, -0.2) is 4.98 Å². The second kappa shape index (κ2) is 6.95. The van der Waals surface area contributed by atoms with Crippen molar-refractivity contribution >= 4 is 11.9 Å². The zero-order valence-electron chi connectivity index (χ0n) is 13.7. The van der Waals surface area contributed by atoms with Crippen molar-refractivity contribution in [1.29, 1.82) is 0 Å². The number of hydrogen-bond acceptors (Lipinski definition) is 6. The van der Waals surface area contributed by atoms with Gasteiger partial charge in [0.1, 0.15) is 11.4 Å². The molecule has 134 valence electrons. The van der Waals surface area contributed by atoms with E-state index in [-0.39, 0.29) is 29.5 Å². The monoisotopic (exact) mass is 360 g/mol. The fourth-order valence-corrected chi connectivity index (χ4v) is 2.31. The third-order valence-corrected chi connectivity index (χ3v) is 3.57. The Morgan fingerprint density at radius 2 is 1.65 bits per heavy atom. The second-order valence-electron chi connectivity index (χ2n) is 5.52. The van der Waals surface area contributed by atoms with Crippen LogP contribution in [-0.2, 0) is 6.18 Å². The molecule has 2 heterocycles. The molecule has 3 N–H and O–H groups in total. The Bertz CT molecular complexity index is 899. The van der Waals surface area contributed by atoms with Crippen LogP contribution in [0.4, 0.5) is 25.1 Å². The van der Waals surface area contributed by atoms with E-state index < -0.39 is 11.9 Å². The van der Waals surface area contributed by atoms with Crippen LogP contribution >= 0.6 is 0 Å². The van der Waals surface area contributed by atoms with E-state index >= 15 is 0 Å². The summed E-state index contributed by atoms with van der Waals surface area (Å²) < 4.78 is 38.5. The molecule has 0 saturated heterocycles. The molecule has 0 unspecified atom stereocenters. The van der Waals surface area contributed by atoms with Crippen LogP contribution in [0.2, 0.25) is 0 Å². The van der Waals surface area contributed by atoms with Gasteiger partial charge >= 0.3 is 6.18 Å². The zero-order chi connectivity index (χ0) is 18.7. The molecule has 1 atom stereocenters. The average Bonchev–Trinajstić information content (AvgIpc) is 2.61. The molecule has 3 rings (SSSR count). The Kier molecular flexibility index (Phi) is 4.70. The normalized spacial score (nSPS) is 12.6. The minimum atomic E-state index is -4.56. The van der Waals surface area contributed by atoms with Crippen LogP contribution in [0.5, 0.6) is 0 Å². The number of nitrogens with one attached hydrogen (secondary N) is 1. The lowest BCUT2D eigenvalue weighted by Gasteiger charge is -2.15. The first kappa shape index (κ1) is 17.6. The quantitative estimate of drug-likeness (QED) is 0.737. The average molecular weight is 360 g/mol. The summed E-state index contributed by atoms with van der Waals surface area (Å²) >= 11 is 0. The molecule has 0 amide bonds. The Morgan fingerprint density at radius 1 is 0.923 bits per heavy atom. The molecule has 1 aromatic carbocycles. The molecule has 26 heavy (non-hydrogen) atoms. The van der Waals surface area contributed by atoms with Gasteiger partial charge in [-0.3, -0.25) is 0 Å². The SMILES string of the molecule is C[C@H](Nc1nc(N)nc(-c2cccc(C(F)(F)F)n2)n1)c1ccccc1. The third kappa shape index (κ3) is 4.05. The number of rotatable bonds is 4.